The van der Waals surface area contributed by atoms with Crippen LogP contribution in [0, 0.1) is 5.82 Å². The van der Waals surface area contributed by atoms with Crippen LogP contribution in [0.25, 0.3) is 0 Å². The molecule has 0 saturated carbocycles. The second kappa shape index (κ2) is 6.99. The Morgan fingerprint density at radius 1 is 1.35 bits per heavy atom. The maximum absolute atomic E-state index is 12.7. The summed E-state index contributed by atoms with van der Waals surface area (Å²) in [5.74, 6) is -5.52. The van der Waals surface area contributed by atoms with E-state index >= 15 is 0 Å². The van der Waals surface area contributed by atoms with E-state index < -0.39 is 37.2 Å². The van der Waals surface area contributed by atoms with Gasteiger partial charge in [-0.15, -0.1) is 0 Å². The third kappa shape index (κ3) is 5.05. The van der Waals surface area contributed by atoms with Gasteiger partial charge in [0.15, 0.2) is 5.78 Å². The lowest BCUT2D eigenvalue weighted by Gasteiger charge is -2.14. The topological polar surface area (TPSA) is 26.3 Å². The zero-order valence-corrected chi connectivity index (χ0v) is 10.8. The van der Waals surface area contributed by atoms with Crippen molar-refractivity contribution in [3.63, 3.8) is 0 Å². The summed E-state index contributed by atoms with van der Waals surface area (Å²) in [4.78, 5) is 11.4. The average Bonchev–Trinajstić information content (AvgIpc) is 2.32. The summed E-state index contributed by atoms with van der Waals surface area (Å²) in [6, 6.07) is 3.35. The predicted octanol–water partition coefficient (Wildman–Crippen LogP) is 3.51. The van der Waals surface area contributed by atoms with E-state index in [2.05, 4.69) is 4.74 Å². The number of hydrogen-bond donors (Lipinski definition) is 0. The molecule has 0 spiro atoms. The fraction of sp³-hybridized carbons (Fsp3) is 0.417. The van der Waals surface area contributed by atoms with Crippen LogP contribution in [0.3, 0.4) is 0 Å². The third-order valence-corrected chi connectivity index (χ3v) is 2.63. The molecule has 0 fully saturated rings. The van der Waals surface area contributed by atoms with E-state index in [1.165, 1.54) is 6.07 Å². The van der Waals surface area contributed by atoms with Crippen LogP contribution in [-0.2, 0) is 16.0 Å². The lowest BCUT2D eigenvalue weighted by molar-refractivity contribution is -0.168. The van der Waals surface area contributed by atoms with Crippen LogP contribution >= 0.6 is 11.6 Å². The van der Waals surface area contributed by atoms with Crippen molar-refractivity contribution in [1.82, 2.24) is 0 Å². The van der Waals surface area contributed by atoms with E-state index in [0.29, 0.717) is 5.56 Å². The molecule has 0 aliphatic rings. The molecule has 0 N–H and O–H groups in total. The summed E-state index contributed by atoms with van der Waals surface area (Å²) in [5, 5.41) is 0.0104. The first kappa shape index (κ1) is 16.8. The highest BCUT2D eigenvalue weighted by Crippen LogP contribution is 2.23. The van der Waals surface area contributed by atoms with Gasteiger partial charge in [0, 0.05) is 11.4 Å². The van der Waals surface area contributed by atoms with Crippen LogP contribution < -0.4 is 0 Å². The van der Waals surface area contributed by atoms with E-state index in [9.17, 15) is 26.7 Å². The van der Waals surface area contributed by atoms with Crippen LogP contribution in [0.2, 0.25) is 5.02 Å². The molecule has 1 aromatic carbocycles. The van der Waals surface area contributed by atoms with Crippen LogP contribution in [0.1, 0.15) is 5.56 Å². The van der Waals surface area contributed by atoms with Crippen LogP contribution in [-0.4, -0.2) is 31.3 Å². The van der Waals surface area contributed by atoms with E-state index in [0.717, 1.165) is 12.1 Å². The summed E-state index contributed by atoms with van der Waals surface area (Å²) in [7, 11) is 0. The first-order valence-electron chi connectivity index (χ1n) is 5.41. The summed E-state index contributed by atoms with van der Waals surface area (Å²) in [6.07, 6.45) is -4.12. The Morgan fingerprint density at radius 3 is 2.55 bits per heavy atom. The van der Waals surface area contributed by atoms with Gasteiger partial charge in [-0.05, 0) is 17.7 Å². The number of hydrogen-bond acceptors (Lipinski definition) is 2. The molecule has 1 rings (SSSR count). The molecule has 20 heavy (non-hydrogen) atoms. The Labute approximate surface area is 116 Å². The van der Waals surface area contributed by atoms with Crippen LogP contribution in [0.15, 0.2) is 18.2 Å². The molecule has 0 aliphatic carbocycles. The van der Waals surface area contributed by atoms with Gasteiger partial charge in [0.1, 0.15) is 19.0 Å². The number of carbonyl (C=O) groups is 1. The maximum atomic E-state index is 12.7. The molecular formula is C12H10ClF5O2. The zero-order chi connectivity index (χ0) is 15.3. The highest BCUT2D eigenvalue weighted by atomic mass is 35.5. The number of benzene rings is 1. The monoisotopic (exact) mass is 316 g/mol. The molecule has 2 nitrogen and oxygen atoms in total. The summed E-state index contributed by atoms with van der Waals surface area (Å²) in [5.41, 5.74) is 0.294. The van der Waals surface area contributed by atoms with Crippen molar-refractivity contribution >= 4 is 17.4 Å². The van der Waals surface area contributed by atoms with Gasteiger partial charge >= 0.3 is 12.3 Å². The maximum Gasteiger partial charge on any atom is 0.330 e. The summed E-state index contributed by atoms with van der Waals surface area (Å²) in [6.45, 7) is -2.30. The molecular weight excluding hydrogens is 307 g/mol. The first-order valence-corrected chi connectivity index (χ1v) is 5.79. The minimum absolute atomic E-state index is 0.0104. The average molecular weight is 317 g/mol. The number of carbonyl (C=O) groups excluding carboxylic acids is 1. The fourth-order valence-electron chi connectivity index (χ4n) is 1.29. The Morgan fingerprint density at radius 2 is 2.00 bits per heavy atom. The van der Waals surface area contributed by atoms with Crippen molar-refractivity contribution in [2.75, 3.05) is 13.2 Å². The number of rotatable bonds is 7. The van der Waals surface area contributed by atoms with Crippen LogP contribution in [0.4, 0.5) is 22.0 Å². The molecule has 0 atom stereocenters. The molecule has 0 saturated heterocycles. The molecule has 0 amide bonds. The summed E-state index contributed by atoms with van der Waals surface area (Å²) >= 11 is 5.67. The Bertz CT molecular complexity index is 479. The molecule has 1 aromatic rings. The molecule has 0 aliphatic heterocycles. The van der Waals surface area contributed by atoms with Gasteiger partial charge in [0.05, 0.1) is 0 Å². The Hall–Kier alpha value is -1.21. The van der Waals surface area contributed by atoms with Gasteiger partial charge in [0.2, 0.25) is 0 Å². The number of ketones is 1. The second-order valence-electron chi connectivity index (χ2n) is 4.01. The largest absolute Gasteiger partial charge is 0.367 e. The number of Topliss-reactive ketones (excluding diaryl/α,β-unsaturated/α-hetero) is 1. The van der Waals surface area contributed by atoms with Gasteiger partial charge in [-0.2, -0.15) is 8.78 Å². The van der Waals surface area contributed by atoms with E-state index in [-0.39, 0.29) is 11.4 Å². The Balaban J connectivity index is 2.45. The lowest BCUT2D eigenvalue weighted by Crippen LogP contribution is -2.33. The molecule has 0 radical (unpaired) electrons. The normalized spacial score (nSPS) is 11.9. The minimum Gasteiger partial charge on any atom is -0.367 e. The van der Waals surface area contributed by atoms with Crippen molar-refractivity contribution in [2.45, 2.75) is 18.8 Å². The molecule has 0 aromatic heterocycles. The van der Waals surface area contributed by atoms with Crippen molar-refractivity contribution in [2.24, 2.45) is 0 Å². The zero-order valence-electron chi connectivity index (χ0n) is 10.0. The second-order valence-corrected chi connectivity index (χ2v) is 4.41. The van der Waals surface area contributed by atoms with E-state index in [4.69, 9.17) is 11.6 Å². The Kier molecular flexibility index (Phi) is 5.88. The quantitative estimate of drug-likeness (QED) is 0.720. The number of alkyl halides is 4. The van der Waals surface area contributed by atoms with E-state index in [1.54, 1.807) is 0 Å². The van der Waals surface area contributed by atoms with Crippen molar-refractivity contribution in [3.8, 4) is 0 Å². The molecule has 0 heterocycles. The predicted molar refractivity (Wildman–Crippen MR) is 61.9 cm³/mol. The van der Waals surface area contributed by atoms with Gasteiger partial charge in [-0.25, -0.2) is 13.2 Å². The van der Waals surface area contributed by atoms with Crippen molar-refractivity contribution < 1.29 is 31.5 Å². The number of ether oxygens (including phenoxy) is 1. The number of halogens is 6. The van der Waals surface area contributed by atoms with Crippen LogP contribution in [0.5, 0.6) is 0 Å². The third-order valence-electron chi connectivity index (χ3n) is 2.28. The van der Waals surface area contributed by atoms with Gasteiger partial charge in [-0.3, -0.25) is 4.79 Å². The molecule has 8 heteroatoms. The smallest absolute Gasteiger partial charge is 0.330 e. The molecule has 0 bridgehead atoms. The van der Waals surface area contributed by atoms with Crippen molar-refractivity contribution in [1.29, 1.82) is 0 Å². The summed E-state index contributed by atoms with van der Waals surface area (Å²) < 4.78 is 65.6. The van der Waals surface area contributed by atoms with E-state index in [1.807, 2.05) is 0 Å². The fourth-order valence-corrected chi connectivity index (χ4v) is 1.53. The lowest BCUT2D eigenvalue weighted by atomic mass is 10.1. The van der Waals surface area contributed by atoms with Gasteiger partial charge < -0.3 is 4.74 Å². The highest BCUT2D eigenvalue weighted by molar-refractivity contribution is 6.31. The minimum atomic E-state index is -4.30. The van der Waals surface area contributed by atoms with Gasteiger partial charge in [-0.1, -0.05) is 17.7 Å². The van der Waals surface area contributed by atoms with Crippen molar-refractivity contribution in [3.05, 3.63) is 34.6 Å². The standard InChI is InChI=1S/C12H10ClF5O2/c13-10-4-8(14)2-1-7(10)3-9(19)5-20-6-12(17,18)11(15)16/h1-2,4,11H,3,5-6H2. The van der Waals surface area contributed by atoms with Gasteiger partial charge in [0.25, 0.3) is 0 Å². The molecule has 112 valence electrons. The highest BCUT2D eigenvalue weighted by Gasteiger charge is 2.41. The molecule has 0 unspecified atom stereocenters. The first-order chi connectivity index (χ1) is 9.22. The SMILES string of the molecule is O=C(COCC(F)(F)C(F)F)Cc1ccc(F)cc1Cl.